The van der Waals surface area contributed by atoms with Crippen molar-refractivity contribution in [2.24, 2.45) is 5.10 Å². The summed E-state index contributed by atoms with van der Waals surface area (Å²) in [6.07, 6.45) is 1.41. The van der Waals surface area contributed by atoms with Gasteiger partial charge in [-0.15, -0.1) is 0 Å². The van der Waals surface area contributed by atoms with Gasteiger partial charge in [-0.2, -0.15) is 5.10 Å². The third-order valence-electron chi connectivity index (χ3n) is 3.11. The van der Waals surface area contributed by atoms with E-state index in [2.05, 4.69) is 10.5 Å². The number of phenolic OH excluding ortho intramolecular Hbond substituents is 1. The number of nitrogens with one attached hydrogen (secondary N) is 1. The number of rotatable bonds is 6. The fraction of sp³-hybridized carbons (Fsp3) is 0.176. The first-order chi connectivity index (χ1) is 11.5. The molecule has 0 saturated carbocycles. The van der Waals surface area contributed by atoms with Gasteiger partial charge in [0.15, 0.2) is 18.1 Å². The van der Waals surface area contributed by atoms with Crippen LogP contribution < -0.4 is 14.9 Å². The van der Waals surface area contributed by atoms with Crippen LogP contribution in [0.1, 0.15) is 11.1 Å². The predicted octanol–water partition coefficient (Wildman–Crippen LogP) is 2.89. The summed E-state index contributed by atoms with van der Waals surface area (Å²) in [5, 5.41) is 14.1. The largest absolute Gasteiger partial charge is 0.504 e. The number of amides is 1. The molecule has 2 aromatic carbocycles. The zero-order chi connectivity index (χ0) is 17.5. The van der Waals surface area contributed by atoms with Crippen LogP contribution in [0.3, 0.4) is 0 Å². The summed E-state index contributed by atoms with van der Waals surface area (Å²) in [5.41, 5.74) is 3.82. The first kappa shape index (κ1) is 17.6. The maximum Gasteiger partial charge on any atom is 0.277 e. The van der Waals surface area contributed by atoms with E-state index >= 15 is 0 Å². The second kappa shape index (κ2) is 8.21. The van der Waals surface area contributed by atoms with Gasteiger partial charge in [0.1, 0.15) is 5.75 Å². The number of methoxy groups -OCH3 is 1. The molecule has 0 bridgehead atoms. The minimum Gasteiger partial charge on any atom is -0.504 e. The van der Waals surface area contributed by atoms with Crippen molar-refractivity contribution in [1.29, 1.82) is 0 Å². The van der Waals surface area contributed by atoms with Gasteiger partial charge in [0, 0.05) is 5.02 Å². The van der Waals surface area contributed by atoms with Gasteiger partial charge in [-0.1, -0.05) is 11.6 Å². The van der Waals surface area contributed by atoms with Gasteiger partial charge in [-0.3, -0.25) is 4.79 Å². The van der Waals surface area contributed by atoms with Crippen molar-refractivity contribution in [1.82, 2.24) is 5.43 Å². The van der Waals surface area contributed by atoms with Crippen LogP contribution in [0.25, 0.3) is 0 Å². The molecule has 0 aliphatic rings. The van der Waals surface area contributed by atoms with Gasteiger partial charge < -0.3 is 14.6 Å². The third-order valence-corrected chi connectivity index (χ3v) is 3.53. The smallest absolute Gasteiger partial charge is 0.277 e. The van der Waals surface area contributed by atoms with Crippen LogP contribution >= 0.6 is 11.6 Å². The summed E-state index contributed by atoms with van der Waals surface area (Å²) in [6, 6.07) is 9.91. The molecule has 6 nitrogen and oxygen atoms in total. The van der Waals surface area contributed by atoms with Crippen molar-refractivity contribution in [3.05, 3.63) is 52.5 Å². The van der Waals surface area contributed by atoms with Crippen molar-refractivity contribution in [3.8, 4) is 17.2 Å². The Hall–Kier alpha value is -2.73. The van der Waals surface area contributed by atoms with Crippen molar-refractivity contribution in [2.45, 2.75) is 6.92 Å². The molecule has 24 heavy (non-hydrogen) atoms. The Morgan fingerprint density at radius 1 is 1.33 bits per heavy atom. The molecule has 0 heterocycles. The second-order valence-corrected chi connectivity index (χ2v) is 5.33. The molecule has 0 radical (unpaired) electrons. The van der Waals surface area contributed by atoms with E-state index in [9.17, 15) is 9.90 Å². The number of carbonyl (C=O) groups excluding carboxylic acids is 1. The summed E-state index contributed by atoms with van der Waals surface area (Å²) < 4.78 is 10.3. The van der Waals surface area contributed by atoms with E-state index in [0.29, 0.717) is 22.1 Å². The molecule has 1 amide bonds. The predicted molar refractivity (Wildman–Crippen MR) is 92.1 cm³/mol. The SMILES string of the molecule is COc1ccc(/C=N\NC(=O)COc2ccc(Cl)c(C)c2)cc1O. The quantitative estimate of drug-likeness (QED) is 0.621. The zero-order valence-corrected chi connectivity index (χ0v) is 14.0. The van der Waals surface area contributed by atoms with Crippen LogP contribution in [0, 0.1) is 6.92 Å². The van der Waals surface area contributed by atoms with Crippen LogP contribution in [-0.2, 0) is 4.79 Å². The molecule has 7 heteroatoms. The van der Waals surface area contributed by atoms with Crippen LogP contribution in [0.2, 0.25) is 5.02 Å². The highest BCUT2D eigenvalue weighted by Crippen LogP contribution is 2.25. The highest BCUT2D eigenvalue weighted by atomic mass is 35.5. The van der Waals surface area contributed by atoms with Gasteiger partial charge in [0.05, 0.1) is 13.3 Å². The van der Waals surface area contributed by atoms with Crippen LogP contribution in [0.15, 0.2) is 41.5 Å². The van der Waals surface area contributed by atoms with Crippen LogP contribution in [0.5, 0.6) is 17.2 Å². The van der Waals surface area contributed by atoms with Crippen molar-refractivity contribution in [2.75, 3.05) is 13.7 Å². The Labute approximate surface area is 144 Å². The van der Waals surface area contributed by atoms with E-state index in [-0.39, 0.29) is 12.4 Å². The summed E-state index contributed by atoms with van der Waals surface area (Å²) in [7, 11) is 1.46. The average Bonchev–Trinajstić information content (AvgIpc) is 2.56. The lowest BCUT2D eigenvalue weighted by Gasteiger charge is -2.06. The molecule has 0 aliphatic heterocycles. The number of aryl methyl sites for hydroxylation is 1. The van der Waals surface area contributed by atoms with Crippen molar-refractivity contribution < 1.29 is 19.4 Å². The number of hydrogen-bond acceptors (Lipinski definition) is 5. The number of hydrogen-bond donors (Lipinski definition) is 2. The number of aromatic hydroxyl groups is 1. The summed E-state index contributed by atoms with van der Waals surface area (Å²) in [5.74, 6) is 0.504. The van der Waals surface area contributed by atoms with E-state index in [0.717, 1.165) is 5.56 Å². The van der Waals surface area contributed by atoms with Crippen molar-refractivity contribution in [3.63, 3.8) is 0 Å². The fourth-order valence-corrected chi connectivity index (χ4v) is 1.97. The standard InChI is InChI=1S/C17H17ClN2O4/c1-11-7-13(4-5-14(11)18)24-10-17(22)20-19-9-12-3-6-16(23-2)15(21)8-12/h3-9,21H,10H2,1-2H3,(H,20,22)/b19-9-. The number of hydrazone groups is 1. The minimum absolute atomic E-state index is 0.00535. The number of ether oxygens (including phenoxy) is 2. The zero-order valence-electron chi connectivity index (χ0n) is 13.2. The van der Waals surface area contributed by atoms with E-state index < -0.39 is 5.91 Å². The lowest BCUT2D eigenvalue weighted by Crippen LogP contribution is -2.24. The van der Waals surface area contributed by atoms with Gasteiger partial charge in [-0.25, -0.2) is 5.43 Å². The molecule has 2 aromatic rings. The maximum atomic E-state index is 11.7. The molecule has 126 valence electrons. The Morgan fingerprint density at radius 2 is 2.12 bits per heavy atom. The van der Waals surface area contributed by atoms with Crippen molar-refractivity contribution >= 4 is 23.7 Å². The number of benzene rings is 2. The van der Waals surface area contributed by atoms with Gasteiger partial charge in [-0.05, 0) is 54.4 Å². The normalized spacial score (nSPS) is 10.6. The van der Waals surface area contributed by atoms with Gasteiger partial charge >= 0.3 is 0 Å². The molecular formula is C17H17ClN2O4. The van der Waals surface area contributed by atoms with Gasteiger partial charge in [0.2, 0.25) is 0 Å². The Balaban J connectivity index is 1.84. The molecule has 2 N–H and O–H groups in total. The minimum atomic E-state index is -0.406. The first-order valence-corrected chi connectivity index (χ1v) is 7.45. The molecule has 0 aromatic heterocycles. The number of phenols is 1. The van der Waals surface area contributed by atoms with E-state index in [1.165, 1.54) is 19.4 Å². The fourth-order valence-electron chi connectivity index (χ4n) is 1.85. The first-order valence-electron chi connectivity index (χ1n) is 7.07. The lowest BCUT2D eigenvalue weighted by atomic mass is 10.2. The van der Waals surface area contributed by atoms with Crippen LogP contribution in [0.4, 0.5) is 0 Å². The monoisotopic (exact) mass is 348 g/mol. The molecular weight excluding hydrogens is 332 g/mol. The van der Waals surface area contributed by atoms with E-state index in [1.54, 1.807) is 30.3 Å². The maximum absolute atomic E-state index is 11.7. The number of nitrogens with zero attached hydrogens (tertiary/aromatic N) is 1. The highest BCUT2D eigenvalue weighted by molar-refractivity contribution is 6.31. The molecule has 0 saturated heterocycles. The summed E-state index contributed by atoms with van der Waals surface area (Å²) in [4.78, 5) is 11.7. The Kier molecular flexibility index (Phi) is 6.03. The molecule has 0 fully saturated rings. The summed E-state index contributed by atoms with van der Waals surface area (Å²) in [6.45, 7) is 1.68. The lowest BCUT2D eigenvalue weighted by molar-refractivity contribution is -0.123. The third kappa shape index (κ3) is 4.89. The van der Waals surface area contributed by atoms with Gasteiger partial charge in [0.25, 0.3) is 5.91 Å². The molecule has 0 unspecified atom stereocenters. The Morgan fingerprint density at radius 3 is 2.79 bits per heavy atom. The Bertz CT molecular complexity index is 762. The van der Waals surface area contributed by atoms with E-state index in [1.807, 2.05) is 6.92 Å². The molecule has 0 spiro atoms. The van der Waals surface area contributed by atoms with E-state index in [4.69, 9.17) is 21.1 Å². The molecule has 2 rings (SSSR count). The number of carbonyl (C=O) groups is 1. The highest BCUT2D eigenvalue weighted by Gasteiger charge is 2.04. The topological polar surface area (TPSA) is 80.2 Å². The summed E-state index contributed by atoms with van der Waals surface area (Å²) >= 11 is 5.92. The molecule has 0 aliphatic carbocycles. The second-order valence-electron chi connectivity index (χ2n) is 4.92. The van der Waals surface area contributed by atoms with Crippen LogP contribution in [-0.4, -0.2) is 30.9 Å². The number of halogens is 1. The molecule has 0 atom stereocenters. The average molecular weight is 349 g/mol.